The van der Waals surface area contributed by atoms with Gasteiger partial charge in [-0.3, -0.25) is 4.79 Å². The standard InChI is InChI=1S/C13H17N5O2/c1-13(2,3)20-8-11(19)14-10-6-4-5-9(7-10)12-15-17-18-16-12/h4-7H,8H2,1-3H3,(H,14,19)(H,15,16,17,18). The van der Waals surface area contributed by atoms with E-state index in [4.69, 9.17) is 4.74 Å². The number of anilines is 1. The van der Waals surface area contributed by atoms with E-state index in [1.165, 1.54) is 0 Å². The molecule has 2 aromatic rings. The van der Waals surface area contributed by atoms with Crippen molar-refractivity contribution in [1.82, 2.24) is 20.6 Å². The minimum Gasteiger partial charge on any atom is -0.366 e. The molecule has 7 heteroatoms. The molecule has 0 saturated carbocycles. The van der Waals surface area contributed by atoms with Gasteiger partial charge in [0, 0.05) is 11.3 Å². The van der Waals surface area contributed by atoms with Gasteiger partial charge in [0.15, 0.2) is 0 Å². The molecule has 1 heterocycles. The van der Waals surface area contributed by atoms with Gasteiger partial charge in [0.25, 0.3) is 0 Å². The van der Waals surface area contributed by atoms with Crippen molar-refractivity contribution < 1.29 is 9.53 Å². The summed E-state index contributed by atoms with van der Waals surface area (Å²) in [6, 6.07) is 7.22. The number of aromatic amines is 1. The molecule has 0 aliphatic heterocycles. The highest BCUT2D eigenvalue weighted by Gasteiger charge is 2.13. The molecule has 0 aliphatic carbocycles. The lowest BCUT2D eigenvalue weighted by Gasteiger charge is -2.19. The fraction of sp³-hybridized carbons (Fsp3) is 0.385. The van der Waals surface area contributed by atoms with E-state index in [2.05, 4.69) is 25.9 Å². The van der Waals surface area contributed by atoms with Crippen molar-refractivity contribution >= 4 is 11.6 Å². The molecule has 1 aromatic heterocycles. The molecule has 0 saturated heterocycles. The average molecular weight is 275 g/mol. The molecule has 2 N–H and O–H groups in total. The Morgan fingerprint density at radius 1 is 1.40 bits per heavy atom. The second kappa shape index (κ2) is 5.79. The average Bonchev–Trinajstić information content (AvgIpc) is 2.90. The summed E-state index contributed by atoms with van der Waals surface area (Å²) in [6.45, 7) is 5.71. The fourth-order valence-electron chi connectivity index (χ4n) is 1.50. The third kappa shape index (κ3) is 4.13. The molecule has 7 nitrogen and oxygen atoms in total. The Labute approximate surface area is 116 Å². The number of tetrazole rings is 1. The van der Waals surface area contributed by atoms with E-state index in [0.29, 0.717) is 11.5 Å². The lowest BCUT2D eigenvalue weighted by atomic mass is 10.2. The molecule has 0 radical (unpaired) electrons. The zero-order chi connectivity index (χ0) is 14.6. The second-order valence-corrected chi connectivity index (χ2v) is 5.27. The van der Waals surface area contributed by atoms with Gasteiger partial charge in [-0.2, -0.15) is 5.21 Å². The number of H-pyrrole nitrogens is 1. The lowest BCUT2D eigenvalue weighted by Crippen LogP contribution is -2.27. The second-order valence-electron chi connectivity index (χ2n) is 5.27. The number of hydrogen-bond donors (Lipinski definition) is 2. The van der Waals surface area contributed by atoms with Gasteiger partial charge in [0.2, 0.25) is 11.7 Å². The van der Waals surface area contributed by atoms with E-state index in [-0.39, 0.29) is 18.1 Å². The van der Waals surface area contributed by atoms with Crippen molar-refractivity contribution in [3.8, 4) is 11.4 Å². The molecule has 20 heavy (non-hydrogen) atoms. The van der Waals surface area contributed by atoms with Crippen molar-refractivity contribution in [2.75, 3.05) is 11.9 Å². The summed E-state index contributed by atoms with van der Waals surface area (Å²) in [7, 11) is 0. The van der Waals surface area contributed by atoms with E-state index in [1.807, 2.05) is 32.9 Å². The number of benzene rings is 1. The van der Waals surface area contributed by atoms with Crippen molar-refractivity contribution in [2.24, 2.45) is 0 Å². The Balaban J connectivity index is 2.00. The first-order chi connectivity index (χ1) is 9.44. The number of nitrogens with one attached hydrogen (secondary N) is 2. The highest BCUT2D eigenvalue weighted by Crippen LogP contribution is 2.18. The molecule has 1 aromatic carbocycles. The summed E-state index contributed by atoms with van der Waals surface area (Å²) < 4.78 is 5.41. The zero-order valence-corrected chi connectivity index (χ0v) is 11.7. The van der Waals surface area contributed by atoms with Gasteiger partial charge in [-0.1, -0.05) is 12.1 Å². The van der Waals surface area contributed by atoms with Crippen molar-refractivity contribution in [1.29, 1.82) is 0 Å². The first-order valence-electron chi connectivity index (χ1n) is 6.22. The van der Waals surface area contributed by atoms with Gasteiger partial charge in [-0.25, -0.2) is 0 Å². The minimum atomic E-state index is -0.343. The quantitative estimate of drug-likeness (QED) is 0.884. The zero-order valence-electron chi connectivity index (χ0n) is 11.7. The Morgan fingerprint density at radius 3 is 2.85 bits per heavy atom. The van der Waals surface area contributed by atoms with Gasteiger partial charge >= 0.3 is 0 Å². The van der Waals surface area contributed by atoms with Crippen molar-refractivity contribution in [3.63, 3.8) is 0 Å². The number of amides is 1. The van der Waals surface area contributed by atoms with Crippen LogP contribution in [0.4, 0.5) is 5.69 Å². The third-order valence-electron chi connectivity index (χ3n) is 2.39. The summed E-state index contributed by atoms with van der Waals surface area (Å²) >= 11 is 0. The molecule has 106 valence electrons. The van der Waals surface area contributed by atoms with Crippen LogP contribution in [0.15, 0.2) is 24.3 Å². The maximum atomic E-state index is 11.8. The Morgan fingerprint density at radius 2 is 2.20 bits per heavy atom. The Kier molecular flexibility index (Phi) is 4.09. The van der Waals surface area contributed by atoms with Crippen LogP contribution in [0, 0.1) is 0 Å². The molecular formula is C13H17N5O2. The monoisotopic (exact) mass is 275 g/mol. The smallest absolute Gasteiger partial charge is 0.250 e. The molecule has 0 bridgehead atoms. The highest BCUT2D eigenvalue weighted by molar-refractivity contribution is 5.92. The summed E-state index contributed by atoms with van der Waals surface area (Å²) in [5.74, 6) is 0.275. The van der Waals surface area contributed by atoms with Gasteiger partial charge < -0.3 is 10.1 Å². The van der Waals surface area contributed by atoms with E-state index < -0.39 is 0 Å². The molecule has 2 rings (SSSR count). The minimum absolute atomic E-state index is 0.00986. The maximum Gasteiger partial charge on any atom is 0.250 e. The Bertz CT molecular complexity index is 575. The molecule has 0 spiro atoms. The molecule has 1 amide bonds. The van der Waals surface area contributed by atoms with Gasteiger partial charge in [-0.15, -0.1) is 10.2 Å². The maximum absolute atomic E-state index is 11.8. The van der Waals surface area contributed by atoms with E-state index in [9.17, 15) is 4.79 Å². The number of nitrogens with zero attached hydrogens (tertiary/aromatic N) is 3. The lowest BCUT2D eigenvalue weighted by molar-refractivity contribution is -0.125. The fourth-order valence-corrected chi connectivity index (χ4v) is 1.50. The van der Waals surface area contributed by atoms with Crippen LogP contribution in [-0.4, -0.2) is 38.7 Å². The van der Waals surface area contributed by atoms with Crippen LogP contribution < -0.4 is 5.32 Å². The molecule has 0 atom stereocenters. The molecule has 0 unspecified atom stereocenters. The molecule has 0 fully saturated rings. The Hall–Kier alpha value is -2.28. The summed E-state index contributed by atoms with van der Waals surface area (Å²) in [4.78, 5) is 11.8. The van der Waals surface area contributed by atoms with Crippen molar-refractivity contribution in [2.45, 2.75) is 26.4 Å². The number of rotatable bonds is 4. The van der Waals surface area contributed by atoms with E-state index in [0.717, 1.165) is 5.56 Å². The predicted molar refractivity (Wildman–Crippen MR) is 73.9 cm³/mol. The first kappa shape index (κ1) is 14.1. The first-order valence-corrected chi connectivity index (χ1v) is 6.22. The number of carbonyl (C=O) groups excluding carboxylic acids is 1. The van der Waals surface area contributed by atoms with Gasteiger partial charge in [-0.05, 0) is 38.1 Å². The van der Waals surface area contributed by atoms with Crippen LogP contribution in [0.1, 0.15) is 20.8 Å². The molecule has 0 aliphatic rings. The van der Waals surface area contributed by atoms with Crippen LogP contribution in [0.3, 0.4) is 0 Å². The normalized spacial score (nSPS) is 11.3. The number of carbonyl (C=O) groups is 1. The number of hydrogen-bond acceptors (Lipinski definition) is 5. The number of aromatic nitrogens is 4. The molecular weight excluding hydrogens is 258 g/mol. The predicted octanol–water partition coefficient (Wildman–Crippen LogP) is 1.62. The largest absolute Gasteiger partial charge is 0.366 e. The summed E-state index contributed by atoms with van der Waals surface area (Å²) in [5, 5.41) is 16.4. The summed E-state index contributed by atoms with van der Waals surface area (Å²) in [6.07, 6.45) is 0. The third-order valence-corrected chi connectivity index (χ3v) is 2.39. The van der Waals surface area contributed by atoms with Crippen LogP contribution >= 0.6 is 0 Å². The topological polar surface area (TPSA) is 92.8 Å². The van der Waals surface area contributed by atoms with Crippen LogP contribution in [0.5, 0.6) is 0 Å². The van der Waals surface area contributed by atoms with Crippen LogP contribution in [0.2, 0.25) is 0 Å². The van der Waals surface area contributed by atoms with Crippen LogP contribution in [0.25, 0.3) is 11.4 Å². The summed E-state index contributed by atoms with van der Waals surface area (Å²) in [5.41, 5.74) is 1.09. The SMILES string of the molecule is CC(C)(C)OCC(=O)Nc1cccc(-c2nn[nH]n2)c1. The van der Waals surface area contributed by atoms with Gasteiger partial charge in [0.05, 0.1) is 5.60 Å². The highest BCUT2D eigenvalue weighted by atomic mass is 16.5. The van der Waals surface area contributed by atoms with Gasteiger partial charge in [0.1, 0.15) is 6.61 Å². The van der Waals surface area contributed by atoms with Crippen molar-refractivity contribution in [3.05, 3.63) is 24.3 Å². The van der Waals surface area contributed by atoms with E-state index >= 15 is 0 Å². The van der Waals surface area contributed by atoms with E-state index in [1.54, 1.807) is 12.1 Å². The van der Waals surface area contributed by atoms with Crippen LogP contribution in [-0.2, 0) is 9.53 Å². The number of ether oxygens (including phenoxy) is 1.